The number of hydrogen-bond acceptors (Lipinski definition) is 5. The summed E-state index contributed by atoms with van der Waals surface area (Å²) in [5.41, 5.74) is 2.58. The molecule has 4 aromatic rings. The number of amides is 1. The molecule has 0 atom stereocenters. The molecule has 1 aliphatic heterocycles. The molecule has 5 nitrogen and oxygen atoms in total. The first kappa shape index (κ1) is 24.0. The van der Waals surface area contributed by atoms with Crippen molar-refractivity contribution >= 4 is 68.6 Å². The van der Waals surface area contributed by atoms with Crippen molar-refractivity contribution < 1.29 is 9.53 Å². The number of thioether (sulfide) groups is 1. The number of carbonyl (C=O) groups excluding carboxylic acids is 1. The molecule has 0 aliphatic carbocycles. The Balaban J connectivity index is 1.51. The fraction of sp³-hybridized carbons (Fsp3) is 0.0357. The summed E-state index contributed by atoms with van der Waals surface area (Å²) in [7, 11) is 0. The van der Waals surface area contributed by atoms with Crippen molar-refractivity contribution in [3.63, 3.8) is 0 Å². The first-order valence-electron chi connectivity index (χ1n) is 10.9. The third-order valence-electron chi connectivity index (χ3n) is 5.53. The van der Waals surface area contributed by atoms with Crippen LogP contribution in [0.1, 0.15) is 16.7 Å². The molecule has 8 heteroatoms. The molecule has 1 fully saturated rings. The summed E-state index contributed by atoms with van der Waals surface area (Å²) in [6.07, 6.45) is 1.80. The zero-order valence-corrected chi connectivity index (χ0v) is 21.0. The normalized spacial score (nSPS) is 15.3. The van der Waals surface area contributed by atoms with Gasteiger partial charge in [-0.1, -0.05) is 77.8 Å². The van der Waals surface area contributed by atoms with Crippen molar-refractivity contribution in [1.29, 1.82) is 5.26 Å². The highest BCUT2D eigenvalue weighted by Gasteiger charge is 2.25. The van der Waals surface area contributed by atoms with Crippen LogP contribution in [0.2, 0.25) is 10.0 Å². The number of ether oxygens (including phenoxy) is 1. The molecule has 5 rings (SSSR count). The molecule has 0 aromatic heterocycles. The molecule has 1 aliphatic rings. The van der Waals surface area contributed by atoms with Crippen LogP contribution in [0.4, 0.5) is 5.69 Å². The van der Waals surface area contributed by atoms with Crippen LogP contribution in [0.15, 0.2) is 88.8 Å². The van der Waals surface area contributed by atoms with Crippen LogP contribution in [0, 0.1) is 11.3 Å². The van der Waals surface area contributed by atoms with Gasteiger partial charge in [0.15, 0.2) is 5.17 Å². The number of rotatable bonds is 5. The summed E-state index contributed by atoms with van der Waals surface area (Å²) in [4.78, 5) is 17.8. The predicted molar refractivity (Wildman–Crippen MR) is 147 cm³/mol. The van der Waals surface area contributed by atoms with Crippen LogP contribution < -0.4 is 10.1 Å². The lowest BCUT2D eigenvalue weighted by Crippen LogP contribution is -2.19. The highest BCUT2D eigenvalue weighted by Crippen LogP contribution is 2.37. The Morgan fingerprint density at radius 3 is 2.67 bits per heavy atom. The number of nitriles is 1. The van der Waals surface area contributed by atoms with E-state index in [1.165, 1.54) is 11.8 Å². The number of fused-ring (bicyclic) bond motifs is 1. The quantitative estimate of drug-likeness (QED) is 0.271. The van der Waals surface area contributed by atoms with Gasteiger partial charge in [0.05, 0.1) is 32.3 Å². The number of aliphatic imine (C=N–C) groups is 1. The van der Waals surface area contributed by atoms with Gasteiger partial charge in [-0.2, -0.15) is 5.26 Å². The summed E-state index contributed by atoms with van der Waals surface area (Å²) in [5.74, 6) is 0.330. The number of amidine groups is 1. The summed E-state index contributed by atoms with van der Waals surface area (Å²) in [6, 6.07) is 26.4. The molecular formula is C28H17Cl2N3O2S. The van der Waals surface area contributed by atoms with Crippen molar-refractivity contribution in [2.75, 3.05) is 0 Å². The zero-order chi connectivity index (χ0) is 25.1. The molecule has 36 heavy (non-hydrogen) atoms. The number of hydrogen-bond donors (Lipinski definition) is 1. The van der Waals surface area contributed by atoms with Gasteiger partial charge < -0.3 is 10.1 Å². The standard InChI is InChI=1S/C28H17Cl2N3O2S/c29-22-10-5-11-23(26(22)30)32-28-33-27(34)25(36-28)14-21-20-9-4-3-6-17(20)12-13-24(21)35-16-19-8-2-1-7-18(19)15-31/h1-14H,16H2,(H,32,33,34)/b25-14+. The van der Waals surface area contributed by atoms with E-state index in [4.69, 9.17) is 27.9 Å². The molecule has 176 valence electrons. The molecule has 4 aromatic carbocycles. The second kappa shape index (κ2) is 10.5. The topological polar surface area (TPSA) is 74.5 Å². The number of benzene rings is 4. The average molecular weight is 530 g/mol. The Labute approximate surface area is 222 Å². The van der Waals surface area contributed by atoms with Crippen LogP contribution in [0.3, 0.4) is 0 Å². The smallest absolute Gasteiger partial charge is 0.264 e. The van der Waals surface area contributed by atoms with Gasteiger partial charge in [0.1, 0.15) is 12.4 Å². The van der Waals surface area contributed by atoms with Gasteiger partial charge in [0.2, 0.25) is 0 Å². The van der Waals surface area contributed by atoms with Gasteiger partial charge in [-0.05, 0) is 52.9 Å². The summed E-state index contributed by atoms with van der Waals surface area (Å²) in [5, 5.41) is 15.3. The maximum Gasteiger partial charge on any atom is 0.264 e. The number of carbonyl (C=O) groups is 1. The summed E-state index contributed by atoms with van der Waals surface area (Å²) < 4.78 is 6.17. The highest BCUT2D eigenvalue weighted by atomic mass is 35.5. The van der Waals surface area contributed by atoms with Crippen molar-refractivity contribution in [2.45, 2.75) is 6.61 Å². The number of nitrogens with one attached hydrogen (secondary N) is 1. The highest BCUT2D eigenvalue weighted by molar-refractivity contribution is 8.18. The Kier molecular flexibility index (Phi) is 6.97. The maximum absolute atomic E-state index is 12.8. The lowest BCUT2D eigenvalue weighted by Gasteiger charge is -2.13. The molecule has 0 unspecified atom stereocenters. The molecule has 0 saturated carbocycles. The van der Waals surface area contributed by atoms with Crippen LogP contribution >= 0.6 is 35.0 Å². The minimum atomic E-state index is -0.273. The second-order valence-electron chi connectivity index (χ2n) is 7.81. The third kappa shape index (κ3) is 4.95. The lowest BCUT2D eigenvalue weighted by atomic mass is 10.0. The van der Waals surface area contributed by atoms with Gasteiger partial charge >= 0.3 is 0 Å². The van der Waals surface area contributed by atoms with Crippen LogP contribution in [0.25, 0.3) is 16.8 Å². The monoisotopic (exact) mass is 529 g/mol. The van der Waals surface area contributed by atoms with E-state index in [-0.39, 0.29) is 12.5 Å². The van der Waals surface area contributed by atoms with E-state index in [2.05, 4.69) is 16.4 Å². The van der Waals surface area contributed by atoms with E-state index in [0.717, 1.165) is 21.9 Å². The Hall–Kier alpha value is -3.76. The Bertz CT molecular complexity index is 1610. The van der Waals surface area contributed by atoms with Crippen LogP contribution in [0.5, 0.6) is 5.75 Å². The minimum absolute atomic E-state index is 0.220. The molecule has 0 bridgehead atoms. The van der Waals surface area contributed by atoms with E-state index in [1.54, 1.807) is 30.3 Å². The SMILES string of the molecule is N#Cc1ccccc1COc1ccc2ccccc2c1/C=C1/SC(=Nc2cccc(Cl)c2Cl)NC1=O. The molecule has 1 heterocycles. The lowest BCUT2D eigenvalue weighted by molar-refractivity contribution is -0.115. The second-order valence-corrected chi connectivity index (χ2v) is 9.63. The minimum Gasteiger partial charge on any atom is -0.488 e. The van der Waals surface area contributed by atoms with Gasteiger partial charge in [-0.25, -0.2) is 4.99 Å². The maximum atomic E-state index is 12.8. The Morgan fingerprint density at radius 2 is 1.81 bits per heavy atom. The van der Waals surface area contributed by atoms with Gasteiger partial charge in [0.25, 0.3) is 5.91 Å². The largest absolute Gasteiger partial charge is 0.488 e. The van der Waals surface area contributed by atoms with Gasteiger partial charge in [-0.15, -0.1) is 0 Å². The first-order chi connectivity index (χ1) is 17.5. The van der Waals surface area contributed by atoms with Crippen molar-refractivity contribution in [2.24, 2.45) is 4.99 Å². The third-order valence-corrected chi connectivity index (χ3v) is 7.25. The number of halogens is 2. The summed E-state index contributed by atoms with van der Waals surface area (Å²) >= 11 is 13.6. The zero-order valence-electron chi connectivity index (χ0n) is 18.7. The predicted octanol–water partition coefficient (Wildman–Crippen LogP) is 7.49. The van der Waals surface area contributed by atoms with Gasteiger partial charge in [-0.3, -0.25) is 4.79 Å². The molecule has 1 N–H and O–H groups in total. The fourth-order valence-electron chi connectivity index (χ4n) is 3.76. The van der Waals surface area contributed by atoms with E-state index in [9.17, 15) is 10.1 Å². The van der Waals surface area contributed by atoms with Crippen molar-refractivity contribution in [3.8, 4) is 11.8 Å². The van der Waals surface area contributed by atoms with E-state index in [0.29, 0.717) is 37.1 Å². The van der Waals surface area contributed by atoms with Crippen molar-refractivity contribution in [1.82, 2.24) is 5.32 Å². The Morgan fingerprint density at radius 1 is 1.00 bits per heavy atom. The fourth-order valence-corrected chi connectivity index (χ4v) is 4.92. The molecule has 1 saturated heterocycles. The van der Waals surface area contributed by atoms with Gasteiger partial charge in [0, 0.05) is 11.1 Å². The number of nitrogens with zero attached hydrogens (tertiary/aromatic N) is 2. The average Bonchev–Trinajstić information content (AvgIpc) is 3.24. The van der Waals surface area contributed by atoms with Crippen LogP contribution in [-0.4, -0.2) is 11.1 Å². The van der Waals surface area contributed by atoms with Crippen LogP contribution in [-0.2, 0) is 11.4 Å². The van der Waals surface area contributed by atoms with Crippen molar-refractivity contribution in [3.05, 3.63) is 111 Å². The van der Waals surface area contributed by atoms with E-state index < -0.39 is 0 Å². The molecular weight excluding hydrogens is 513 g/mol. The molecule has 1 amide bonds. The molecule has 0 spiro atoms. The van der Waals surface area contributed by atoms with E-state index >= 15 is 0 Å². The molecule has 0 radical (unpaired) electrons. The van der Waals surface area contributed by atoms with E-state index in [1.807, 2.05) is 54.6 Å². The first-order valence-corrected chi connectivity index (χ1v) is 12.5. The summed E-state index contributed by atoms with van der Waals surface area (Å²) in [6.45, 7) is 0.220.